The van der Waals surface area contributed by atoms with Crippen LogP contribution in [0.5, 0.6) is 0 Å². The largest absolute Gasteiger partial charge is 0.452 e. The van der Waals surface area contributed by atoms with Crippen LogP contribution in [0, 0.1) is 0 Å². The Kier molecular flexibility index (Phi) is 4.11. The van der Waals surface area contributed by atoms with E-state index in [2.05, 4.69) is 13.8 Å². The van der Waals surface area contributed by atoms with Gasteiger partial charge in [-0.15, -0.1) is 0 Å². The van der Waals surface area contributed by atoms with Gasteiger partial charge in [-0.2, -0.15) is 35.1 Å². The van der Waals surface area contributed by atoms with Crippen molar-refractivity contribution in [2.75, 3.05) is 0 Å². The fourth-order valence-corrected chi connectivity index (χ4v) is 2.35. The summed E-state index contributed by atoms with van der Waals surface area (Å²) in [7, 11) is 3.67. The minimum absolute atomic E-state index is 0.0159. The van der Waals surface area contributed by atoms with Gasteiger partial charge in [0.05, 0.1) is 5.56 Å². The van der Waals surface area contributed by atoms with Crippen molar-refractivity contribution in [1.82, 2.24) is 0 Å². The second-order valence-electron chi connectivity index (χ2n) is 3.73. The van der Waals surface area contributed by atoms with Gasteiger partial charge in [-0.1, -0.05) is 12.1 Å². The fourth-order valence-electron chi connectivity index (χ4n) is 1.34. The highest BCUT2D eigenvalue weighted by Gasteiger charge is 2.38. The highest BCUT2D eigenvalue weighted by molar-refractivity contribution is 8.09. The average molecular weight is 348 g/mol. The molecule has 0 N–H and O–H groups in total. The zero-order chi connectivity index (χ0) is 15.8. The van der Waals surface area contributed by atoms with E-state index in [4.69, 9.17) is 10.7 Å². The van der Waals surface area contributed by atoms with Gasteiger partial charge in [0.25, 0.3) is 0 Å². The van der Waals surface area contributed by atoms with Gasteiger partial charge >= 0.3 is 12.4 Å². The minimum atomic E-state index is -4.81. The summed E-state index contributed by atoms with van der Waals surface area (Å²) in [5.41, 5.74) is -0.949. The van der Waals surface area contributed by atoms with Gasteiger partial charge in [0.2, 0.25) is 5.84 Å². The van der Waals surface area contributed by atoms with Crippen molar-refractivity contribution < 1.29 is 26.3 Å². The number of halogens is 7. The summed E-state index contributed by atoms with van der Waals surface area (Å²) in [5, 5.41) is 0. The number of hydrogen-bond donors (Lipinski definition) is 0. The third kappa shape index (κ3) is 3.82. The molecule has 1 atom stereocenters. The first-order valence-corrected chi connectivity index (χ1v) is 7.08. The molecule has 3 nitrogen and oxygen atoms in total. The van der Waals surface area contributed by atoms with Crippen LogP contribution in [0.3, 0.4) is 0 Å². The summed E-state index contributed by atoms with van der Waals surface area (Å²) in [5.74, 6) is -1.88. The Morgan fingerprint density at radius 2 is 1.48 bits per heavy atom. The SMILES string of the molecule is FC(F)(F)C1=NC(c2ccc(C(F)(F)F)cc2)=N[S@@](Cl)=N1. The number of rotatable bonds is 1. The molecule has 0 fully saturated rings. The van der Waals surface area contributed by atoms with Gasteiger partial charge in [0.15, 0.2) is 5.84 Å². The zero-order valence-electron chi connectivity index (χ0n) is 9.71. The molecule has 0 saturated carbocycles. The second kappa shape index (κ2) is 5.41. The smallest absolute Gasteiger partial charge is 0.203 e. The van der Waals surface area contributed by atoms with Crippen LogP contribution < -0.4 is 0 Å². The van der Waals surface area contributed by atoms with Crippen molar-refractivity contribution in [3.8, 4) is 0 Å². The van der Waals surface area contributed by atoms with Gasteiger partial charge in [0.1, 0.15) is 10.1 Å². The van der Waals surface area contributed by atoms with Crippen molar-refractivity contribution in [2.24, 2.45) is 13.8 Å². The van der Waals surface area contributed by atoms with Gasteiger partial charge < -0.3 is 0 Å². The summed E-state index contributed by atoms with van der Waals surface area (Å²) in [6.07, 6.45) is -9.35. The summed E-state index contributed by atoms with van der Waals surface area (Å²) in [6.45, 7) is 0. The Balaban J connectivity index is 2.39. The fraction of sp³-hybridized carbons (Fsp3) is 0.200. The van der Waals surface area contributed by atoms with Crippen molar-refractivity contribution in [2.45, 2.75) is 12.4 Å². The Labute approximate surface area is 121 Å². The number of nitrogens with zero attached hydrogens (tertiary/aromatic N) is 3. The molecule has 1 aromatic rings. The number of amidine groups is 2. The quantitative estimate of drug-likeness (QED) is 0.679. The maximum atomic E-state index is 12.5. The molecular formula is C10H4ClF6N3S. The van der Waals surface area contributed by atoms with Crippen LogP contribution >= 0.6 is 10.7 Å². The van der Waals surface area contributed by atoms with E-state index in [9.17, 15) is 26.3 Å². The molecule has 0 bridgehead atoms. The van der Waals surface area contributed by atoms with Crippen molar-refractivity contribution in [3.63, 3.8) is 0 Å². The van der Waals surface area contributed by atoms with Crippen LogP contribution in [0.2, 0.25) is 0 Å². The Morgan fingerprint density at radius 3 is 1.95 bits per heavy atom. The molecule has 1 aliphatic rings. The van der Waals surface area contributed by atoms with Crippen molar-refractivity contribution in [3.05, 3.63) is 35.4 Å². The van der Waals surface area contributed by atoms with Crippen LogP contribution in [0.1, 0.15) is 11.1 Å². The lowest BCUT2D eigenvalue weighted by Gasteiger charge is -2.12. The van der Waals surface area contributed by atoms with Gasteiger partial charge in [0, 0.05) is 5.56 Å². The molecule has 11 heteroatoms. The maximum Gasteiger partial charge on any atom is 0.452 e. The van der Waals surface area contributed by atoms with Crippen LogP contribution in [-0.2, 0) is 16.3 Å². The molecule has 0 aromatic heterocycles. The predicted octanol–water partition coefficient (Wildman–Crippen LogP) is 4.30. The lowest BCUT2D eigenvalue weighted by molar-refractivity contribution is -0.137. The monoisotopic (exact) mass is 347 g/mol. The summed E-state index contributed by atoms with van der Waals surface area (Å²) < 4.78 is 81.4. The molecule has 0 spiro atoms. The molecule has 0 aliphatic carbocycles. The molecule has 21 heavy (non-hydrogen) atoms. The van der Waals surface area contributed by atoms with E-state index in [1.165, 1.54) is 0 Å². The number of alkyl halides is 6. The zero-order valence-corrected chi connectivity index (χ0v) is 11.3. The molecule has 0 unspecified atom stereocenters. The molecule has 0 radical (unpaired) electrons. The third-order valence-electron chi connectivity index (χ3n) is 2.26. The third-order valence-corrected chi connectivity index (χ3v) is 3.32. The van der Waals surface area contributed by atoms with Crippen LogP contribution in [0.4, 0.5) is 26.3 Å². The highest BCUT2D eigenvalue weighted by Crippen LogP contribution is 2.30. The Hall–Kier alpha value is -1.42. The normalized spacial score (nSPS) is 19.7. The van der Waals surface area contributed by atoms with E-state index in [-0.39, 0.29) is 5.56 Å². The number of aliphatic imine (C=N–C) groups is 1. The van der Waals surface area contributed by atoms with E-state index < -0.39 is 39.7 Å². The van der Waals surface area contributed by atoms with Crippen LogP contribution in [0.25, 0.3) is 0 Å². The molecule has 0 amide bonds. The van der Waals surface area contributed by atoms with Crippen molar-refractivity contribution >= 4 is 32.4 Å². The Morgan fingerprint density at radius 1 is 0.905 bits per heavy atom. The maximum absolute atomic E-state index is 12.5. The van der Waals surface area contributed by atoms with E-state index in [1.54, 1.807) is 0 Å². The topological polar surface area (TPSA) is 37.1 Å². The average Bonchev–Trinajstić information content (AvgIpc) is 2.36. The second-order valence-corrected chi connectivity index (χ2v) is 5.37. The van der Waals surface area contributed by atoms with Gasteiger partial charge in [-0.05, 0) is 22.8 Å². The molecule has 1 aliphatic heterocycles. The molecule has 2 rings (SSSR count). The number of benzene rings is 1. The van der Waals surface area contributed by atoms with E-state index in [0.29, 0.717) is 0 Å². The molecule has 0 saturated heterocycles. The molecular weight excluding hydrogens is 344 g/mol. The lowest BCUT2D eigenvalue weighted by atomic mass is 10.1. The summed E-state index contributed by atoms with van der Waals surface area (Å²) in [6, 6.07) is 3.38. The predicted molar refractivity (Wildman–Crippen MR) is 67.1 cm³/mol. The van der Waals surface area contributed by atoms with Crippen molar-refractivity contribution in [1.29, 1.82) is 0 Å². The lowest BCUT2D eigenvalue weighted by Crippen LogP contribution is -2.24. The van der Waals surface area contributed by atoms with E-state index >= 15 is 0 Å². The standard InChI is InChI=1S/C10H4ClF6N3S/c11-21-19-7(18-8(20-21)10(15,16)17)5-1-3-6(4-2-5)9(12,13)14/h1-4H/t21-/m1/s1. The Bertz CT molecular complexity index is 644. The highest BCUT2D eigenvalue weighted by atomic mass is 35.7. The van der Waals surface area contributed by atoms with Gasteiger partial charge in [-0.25, -0.2) is 4.99 Å². The van der Waals surface area contributed by atoms with E-state index in [0.717, 1.165) is 24.3 Å². The molecule has 1 aromatic carbocycles. The molecule has 1 heterocycles. The first kappa shape index (κ1) is 16.0. The first-order valence-electron chi connectivity index (χ1n) is 5.12. The van der Waals surface area contributed by atoms with E-state index in [1.807, 2.05) is 0 Å². The summed E-state index contributed by atoms with van der Waals surface area (Å²) >= 11 is 0. The first-order chi connectivity index (χ1) is 9.57. The van der Waals surface area contributed by atoms with Gasteiger partial charge in [-0.3, -0.25) is 0 Å². The van der Waals surface area contributed by atoms with Crippen LogP contribution in [0.15, 0.2) is 38.0 Å². The summed E-state index contributed by atoms with van der Waals surface area (Å²) in [4.78, 5) is 3.18. The minimum Gasteiger partial charge on any atom is -0.203 e. The number of hydrogen-bond acceptors (Lipinski definition) is 3. The molecule has 114 valence electrons. The van der Waals surface area contributed by atoms with Crippen LogP contribution in [-0.4, -0.2) is 17.8 Å².